The number of hydrogen-bond acceptors (Lipinski definition) is 7. The van der Waals surface area contributed by atoms with E-state index in [2.05, 4.69) is 14.7 Å². The Hall–Kier alpha value is -5.03. The van der Waals surface area contributed by atoms with Crippen molar-refractivity contribution in [2.24, 2.45) is 0 Å². The molecule has 3 aromatic carbocycles. The van der Waals surface area contributed by atoms with Gasteiger partial charge in [-0.25, -0.2) is 53.8 Å². The summed E-state index contributed by atoms with van der Waals surface area (Å²) in [7, 11) is -5.45. The number of aromatic hydroxyl groups is 1. The van der Waals surface area contributed by atoms with Crippen molar-refractivity contribution < 1.29 is 49.0 Å². The van der Waals surface area contributed by atoms with Crippen LogP contribution in [-0.4, -0.2) is 34.9 Å². The maximum Gasteiger partial charge on any atom is 0.354 e. The average Bonchev–Trinajstić information content (AvgIpc) is 3.02. The predicted octanol–water partition coefficient (Wildman–Crippen LogP) is 5.90. The number of nitrogens with zero attached hydrogens (tertiary/aromatic N) is 3. The molecule has 0 amide bonds. The van der Waals surface area contributed by atoms with Crippen molar-refractivity contribution in [1.82, 2.24) is 19.3 Å². The van der Waals surface area contributed by atoms with Crippen molar-refractivity contribution in [3.8, 4) is 28.4 Å². The van der Waals surface area contributed by atoms with E-state index in [0.29, 0.717) is 5.56 Å². The lowest BCUT2D eigenvalue weighted by Gasteiger charge is -2.18. The molecule has 0 aliphatic heterocycles. The fourth-order valence-electron chi connectivity index (χ4n) is 4.88. The average molecular weight is 683 g/mol. The third-order valence-electron chi connectivity index (χ3n) is 7.01. The molecule has 0 atom stereocenters. The molecule has 0 aliphatic rings. The SMILES string of the molecule is CC(C)c1ccccc1-n1c(=O)nc(CNS(=O)(=O)c2c(F)c(F)c(F)c(F)c2OCF)c2cc(F)c(-c3c(O)cccc3F)nc21. The van der Waals surface area contributed by atoms with Gasteiger partial charge in [0.15, 0.2) is 33.7 Å². The van der Waals surface area contributed by atoms with Gasteiger partial charge < -0.3 is 9.84 Å². The highest BCUT2D eigenvalue weighted by molar-refractivity contribution is 7.89. The summed E-state index contributed by atoms with van der Waals surface area (Å²) in [6.45, 7) is 0.553. The van der Waals surface area contributed by atoms with Crippen LogP contribution in [0.1, 0.15) is 31.0 Å². The van der Waals surface area contributed by atoms with Gasteiger partial charge in [0.2, 0.25) is 28.5 Å². The van der Waals surface area contributed by atoms with E-state index in [-0.39, 0.29) is 17.0 Å². The minimum absolute atomic E-state index is 0.192. The Morgan fingerprint density at radius 2 is 1.60 bits per heavy atom. The molecule has 47 heavy (non-hydrogen) atoms. The number of hydrogen-bond donors (Lipinski definition) is 2. The second-order valence-corrected chi connectivity index (χ2v) is 11.9. The fraction of sp³-hybridized carbons (Fsp3) is 0.167. The van der Waals surface area contributed by atoms with Crippen LogP contribution in [0.4, 0.5) is 30.7 Å². The zero-order valence-electron chi connectivity index (χ0n) is 24.1. The van der Waals surface area contributed by atoms with Crippen LogP contribution < -0.4 is 15.1 Å². The van der Waals surface area contributed by atoms with Crippen LogP contribution in [0, 0.1) is 34.9 Å². The van der Waals surface area contributed by atoms with Crippen LogP contribution in [0.25, 0.3) is 28.0 Å². The number of alkyl halides is 1. The zero-order chi connectivity index (χ0) is 34.4. The van der Waals surface area contributed by atoms with E-state index in [1.165, 1.54) is 6.07 Å². The van der Waals surface area contributed by atoms with Crippen molar-refractivity contribution in [2.45, 2.75) is 31.2 Å². The molecule has 0 saturated carbocycles. The molecule has 0 aliphatic carbocycles. The molecule has 2 heterocycles. The number of fused-ring (bicyclic) bond motifs is 1. The number of phenols is 1. The lowest BCUT2D eigenvalue weighted by atomic mass is 10.0. The van der Waals surface area contributed by atoms with Gasteiger partial charge in [0, 0.05) is 5.39 Å². The molecule has 17 heteroatoms. The number of sulfonamides is 1. The summed E-state index contributed by atoms with van der Waals surface area (Å²) in [4.78, 5) is 19.6. The minimum atomic E-state index is -5.45. The topological polar surface area (TPSA) is 123 Å². The molecule has 2 N–H and O–H groups in total. The van der Waals surface area contributed by atoms with Crippen LogP contribution >= 0.6 is 0 Å². The monoisotopic (exact) mass is 682 g/mol. The summed E-state index contributed by atoms with van der Waals surface area (Å²) in [5, 5.41) is 9.98. The molecule has 5 aromatic rings. The zero-order valence-corrected chi connectivity index (χ0v) is 24.9. The Balaban J connectivity index is 1.75. The molecule has 0 spiro atoms. The van der Waals surface area contributed by atoms with E-state index < -0.39 is 103 Å². The highest BCUT2D eigenvalue weighted by atomic mass is 32.2. The van der Waals surface area contributed by atoms with Gasteiger partial charge in [0.05, 0.1) is 23.5 Å². The smallest absolute Gasteiger partial charge is 0.354 e. The minimum Gasteiger partial charge on any atom is -0.507 e. The van der Waals surface area contributed by atoms with Crippen LogP contribution in [0.2, 0.25) is 0 Å². The molecular formula is C30H21F7N4O5S. The Labute approximate surface area is 261 Å². The summed E-state index contributed by atoms with van der Waals surface area (Å²) in [6.07, 6.45) is 0. The van der Waals surface area contributed by atoms with Gasteiger partial charge in [-0.05, 0) is 35.7 Å². The van der Waals surface area contributed by atoms with Gasteiger partial charge in [-0.1, -0.05) is 38.1 Å². The summed E-state index contributed by atoms with van der Waals surface area (Å²) >= 11 is 0. The van der Waals surface area contributed by atoms with E-state index in [9.17, 15) is 44.7 Å². The first-order valence-electron chi connectivity index (χ1n) is 13.4. The van der Waals surface area contributed by atoms with Gasteiger partial charge in [-0.15, -0.1) is 0 Å². The van der Waals surface area contributed by atoms with Gasteiger partial charge in [0.25, 0.3) is 0 Å². The van der Waals surface area contributed by atoms with E-state index in [0.717, 1.165) is 28.8 Å². The van der Waals surface area contributed by atoms with Gasteiger partial charge in [-0.3, -0.25) is 0 Å². The summed E-state index contributed by atoms with van der Waals surface area (Å²) in [5.41, 5.74) is -2.63. The van der Waals surface area contributed by atoms with Crippen molar-refractivity contribution >= 4 is 21.1 Å². The summed E-state index contributed by atoms with van der Waals surface area (Å²) in [6, 6.07) is 10.3. The normalized spacial score (nSPS) is 11.9. The van der Waals surface area contributed by atoms with Gasteiger partial charge in [-0.2, -0.15) is 9.37 Å². The maximum atomic E-state index is 15.6. The van der Waals surface area contributed by atoms with Crippen LogP contribution in [0.5, 0.6) is 11.5 Å². The largest absolute Gasteiger partial charge is 0.507 e. The molecule has 9 nitrogen and oxygen atoms in total. The molecule has 5 rings (SSSR count). The molecule has 0 bridgehead atoms. The third-order valence-corrected chi connectivity index (χ3v) is 8.44. The molecule has 2 aromatic heterocycles. The molecule has 246 valence electrons. The standard InChI is InChI=1S/C30H21F7N4O5S/c1-13(2)14-6-3-4-8-19(14)41-29-15(10-17(33)26(40-29)21-16(32)7-5-9-20(21)42)18(39-30(41)43)11-38-47(44,45)28-25(37)23(35)22(34)24(36)27(28)46-12-31/h3-10,13,38,42H,11-12H2,1-2H3. The number of aromatic nitrogens is 3. The van der Waals surface area contributed by atoms with E-state index >= 15 is 4.39 Å². The number of ether oxygens (including phenoxy) is 1. The van der Waals surface area contributed by atoms with Gasteiger partial charge >= 0.3 is 5.69 Å². The van der Waals surface area contributed by atoms with Crippen LogP contribution in [0.3, 0.4) is 0 Å². The Bertz CT molecular complexity index is 2210. The highest BCUT2D eigenvalue weighted by Crippen LogP contribution is 2.36. The Morgan fingerprint density at radius 3 is 2.26 bits per heavy atom. The quantitative estimate of drug-likeness (QED) is 0.113. The molecule has 0 fully saturated rings. The van der Waals surface area contributed by atoms with E-state index in [4.69, 9.17) is 0 Å². The number of benzene rings is 3. The summed E-state index contributed by atoms with van der Waals surface area (Å²) in [5.74, 6) is -14.8. The second kappa shape index (κ2) is 12.6. The first-order valence-corrected chi connectivity index (χ1v) is 14.9. The van der Waals surface area contributed by atoms with E-state index in [1.54, 1.807) is 36.8 Å². The molecule has 0 radical (unpaired) electrons. The fourth-order valence-corrected chi connectivity index (χ4v) is 6.07. The number of phenolic OH excluding ortho intramolecular Hbond substituents is 1. The van der Waals surface area contributed by atoms with Crippen molar-refractivity contribution in [3.63, 3.8) is 0 Å². The highest BCUT2D eigenvalue weighted by Gasteiger charge is 2.35. The van der Waals surface area contributed by atoms with Crippen LogP contribution in [-0.2, 0) is 16.6 Å². The van der Waals surface area contributed by atoms with E-state index in [1.807, 2.05) is 0 Å². The molecule has 0 saturated heterocycles. The first kappa shape index (κ1) is 33.3. The Morgan fingerprint density at radius 1 is 0.915 bits per heavy atom. The number of halogens is 7. The lowest BCUT2D eigenvalue weighted by Crippen LogP contribution is -2.30. The number of para-hydroxylation sites is 1. The number of pyridine rings is 1. The number of nitrogens with one attached hydrogen (secondary N) is 1. The Kier molecular flexibility index (Phi) is 8.96. The van der Waals surface area contributed by atoms with Crippen molar-refractivity contribution in [1.29, 1.82) is 0 Å². The number of rotatable bonds is 9. The van der Waals surface area contributed by atoms with Gasteiger partial charge in [0.1, 0.15) is 17.3 Å². The van der Waals surface area contributed by atoms with Crippen LogP contribution in [0.15, 0.2) is 58.2 Å². The van der Waals surface area contributed by atoms with Crippen molar-refractivity contribution in [3.05, 3.63) is 105 Å². The second-order valence-electron chi connectivity index (χ2n) is 10.2. The molecular weight excluding hydrogens is 661 g/mol. The van der Waals surface area contributed by atoms with Crippen molar-refractivity contribution in [2.75, 3.05) is 6.86 Å². The third kappa shape index (κ3) is 5.87. The summed E-state index contributed by atoms with van der Waals surface area (Å²) < 4.78 is 133. The first-order chi connectivity index (χ1) is 22.2. The lowest BCUT2D eigenvalue weighted by molar-refractivity contribution is 0.173. The molecule has 0 unspecified atom stereocenters. The predicted molar refractivity (Wildman–Crippen MR) is 153 cm³/mol. The maximum absolute atomic E-state index is 15.6.